The zero-order chi connectivity index (χ0) is 12.7. The smallest absolute Gasteiger partial charge is 0.0221 e. The van der Waals surface area contributed by atoms with Gasteiger partial charge in [-0.2, -0.15) is 0 Å². The molecule has 0 saturated carbocycles. The maximum Gasteiger partial charge on any atom is 0.0221 e. The van der Waals surface area contributed by atoms with Gasteiger partial charge in [0.2, 0.25) is 0 Å². The SMILES string of the molecule is CCCCC(CC)N1CC(CC)NCC1CC. The largest absolute Gasteiger partial charge is 0.311 e. The van der Waals surface area contributed by atoms with E-state index in [1.807, 2.05) is 0 Å². The highest BCUT2D eigenvalue weighted by Crippen LogP contribution is 2.21. The van der Waals surface area contributed by atoms with Crippen molar-refractivity contribution in [1.29, 1.82) is 0 Å². The molecule has 1 rings (SSSR count). The van der Waals surface area contributed by atoms with E-state index in [0.29, 0.717) is 6.04 Å². The molecule has 1 fully saturated rings. The topological polar surface area (TPSA) is 15.3 Å². The summed E-state index contributed by atoms with van der Waals surface area (Å²) >= 11 is 0. The van der Waals surface area contributed by atoms with E-state index in [4.69, 9.17) is 0 Å². The fourth-order valence-corrected chi connectivity index (χ4v) is 3.03. The predicted octanol–water partition coefficient (Wildman–Crippen LogP) is 3.42. The first-order chi connectivity index (χ1) is 8.26. The lowest BCUT2D eigenvalue weighted by Gasteiger charge is -2.44. The molecule has 1 aliphatic heterocycles. The Morgan fingerprint density at radius 3 is 2.47 bits per heavy atom. The van der Waals surface area contributed by atoms with Crippen LogP contribution < -0.4 is 5.32 Å². The van der Waals surface area contributed by atoms with Gasteiger partial charge in [-0.15, -0.1) is 0 Å². The van der Waals surface area contributed by atoms with E-state index in [2.05, 4.69) is 37.9 Å². The molecule has 1 N–H and O–H groups in total. The fourth-order valence-electron chi connectivity index (χ4n) is 3.03. The molecule has 0 radical (unpaired) electrons. The molecule has 0 spiro atoms. The fraction of sp³-hybridized carbons (Fsp3) is 1.00. The van der Waals surface area contributed by atoms with E-state index < -0.39 is 0 Å². The monoisotopic (exact) mass is 240 g/mol. The summed E-state index contributed by atoms with van der Waals surface area (Å²) in [6.07, 6.45) is 7.96. The Morgan fingerprint density at radius 2 is 1.94 bits per heavy atom. The van der Waals surface area contributed by atoms with Gasteiger partial charge in [0.05, 0.1) is 0 Å². The van der Waals surface area contributed by atoms with E-state index in [-0.39, 0.29) is 0 Å². The molecule has 0 bridgehead atoms. The molecule has 2 nitrogen and oxygen atoms in total. The Morgan fingerprint density at radius 1 is 1.18 bits per heavy atom. The van der Waals surface area contributed by atoms with Crippen molar-refractivity contribution in [2.24, 2.45) is 0 Å². The second kappa shape index (κ2) is 8.10. The number of nitrogens with one attached hydrogen (secondary N) is 1. The third kappa shape index (κ3) is 4.26. The number of nitrogens with zero attached hydrogens (tertiary/aromatic N) is 1. The number of piperazine rings is 1. The summed E-state index contributed by atoms with van der Waals surface area (Å²) in [6.45, 7) is 11.7. The minimum Gasteiger partial charge on any atom is -0.311 e. The number of unbranched alkanes of at least 4 members (excludes halogenated alkanes) is 1. The van der Waals surface area contributed by atoms with Crippen molar-refractivity contribution in [1.82, 2.24) is 10.2 Å². The highest BCUT2D eigenvalue weighted by atomic mass is 15.3. The van der Waals surface area contributed by atoms with Crippen LogP contribution in [0.1, 0.15) is 66.2 Å². The second-order valence-electron chi connectivity index (χ2n) is 5.48. The van der Waals surface area contributed by atoms with Crippen molar-refractivity contribution in [2.45, 2.75) is 84.3 Å². The van der Waals surface area contributed by atoms with E-state index >= 15 is 0 Å². The second-order valence-corrected chi connectivity index (χ2v) is 5.48. The van der Waals surface area contributed by atoms with Crippen LogP contribution in [0.25, 0.3) is 0 Å². The van der Waals surface area contributed by atoms with Crippen molar-refractivity contribution in [3.05, 3.63) is 0 Å². The van der Waals surface area contributed by atoms with Crippen molar-refractivity contribution in [3.8, 4) is 0 Å². The number of rotatable bonds is 7. The minimum atomic E-state index is 0.716. The first-order valence-electron chi connectivity index (χ1n) is 7.75. The molecule has 3 atom stereocenters. The van der Waals surface area contributed by atoms with E-state index in [0.717, 1.165) is 12.1 Å². The van der Waals surface area contributed by atoms with Gasteiger partial charge in [-0.25, -0.2) is 0 Å². The lowest BCUT2D eigenvalue weighted by atomic mass is 9.98. The van der Waals surface area contributed by atoms with E-state index in [9.17, 15) is 0 Å². The van der Waals surface area contributed by atoms with Gasteiger partial charge in [0.15, 0.2) is 0 Å². The van der Waals surface area contributed by atoms with Crippen LogP contribution in [0, 0.1) is 0 Å². The molecule has 102 valence electrons. The first kappa shape index (κ1) is 15.0. The van der Waals surface area contributed by atoms with Gasteiger partial charge in [-0.1, -0.05) is 40.5 Å². The highest BCUT2D eigenvalue weighted by Gasteiger charge is 2.29. The van der Waals surface area contributed by atoms with Crippen LogP contribution in [0.15, 0.2) is 0 Å². The van der Waals surface area contributed by atoms with Crippen LogP contribution in [-0.4, -0.2) is 36.1 Å². The van der Waals surface area contributed by atoms with Gasteiger partial charge in [-0.3, -0.25) is 4.90 Å². The van der Waals surface area contributed by atoms with E-state index in [1.165, 1.54) is 51.6 Å². The Balaban J connectivity index is 2.59. The predicted molar refractivity (Wildman–Crippen MR) is 76.5 cm³/mol. The van der Waals surface area contributed by atoms with Crippen molar-refractivity contribution in [2.75, 3.05) is 13.1 Å². The Kier molecular flexibility index (Phi) is 7.14. The van der Waals surface area contributed by atoms with Gasteiger partial charge in [0.25, 0.3) is 0 Å². The van der Waals surface area contributed by atoms with Gasteiger partial charge in [0.1, 0.15) is 0 Å². The zero-order valence-corrected chi connectivity index (χ0v) is 12.3. The van der Waals surface area contributed by atoms with Crippen LogP contribution in [0.5, 0.6) is 0 Å². The Labute approximate surface area is 108 Å². The number of hydrogen-bond donors (Lipinski definition) is 1. The average Bonchev–Trinajstić information content (AvgIpc) is 2.39. The standard InChI is InChI=1S/C15H32N2/c1-5-9-10-14(7-3)17-12-13(6-2)16-11-15(17)8-4/h13-16H,5-12H2,1-4H3. The van der Waals surface area contributed by atoms with Crippen LogP contribution in [0.3, 0.4) is 0 Å². The summed E-state index contributed by atoms with van der Waals surface area (Å²) in [6, 6.07) is 2.30. The lowest BCUT2D eigenvalue weighted by Crippen LogP contribution is -2.59. The van der Waals surface area contributed by atoms with Crippen LogP contribution in [0.2, 0.25) is 0 Å². The summed E-state index contributed by atoms with van der Waals surface area (Å²) in [5, 5.41) is 3.69. The summed E-state index contributed by atoms with van der Waals surface area (Å²) in [7, 11) is 0. The summed E-state index contributed by atoms with van der Waals surface area (Å²) in [5.41, 5.74) is 0. The van der Waals surface area contributed by atoms with E-state index in [1.54, 1.807) is 0 Å². The molecule has 0 aromatic heterocycles. The third-order valence-corrected chi connectivity index (χ3v) is 4.34. The molecule has 17 heavy (non-hydrogen) atoms. The lowest BCUT2D eigenvalue weighted by molar-refractivity contribution is 0.0698. The molecule has 0 aromatic rings. The van der Waals surface area contributed by atoms with Gasteiger partial charge in [0, 0.05) is 31.2 Å². The average molecular weight is 240 g/mol. The molecule has 3 unspecified atom stereocenters. The molecule has 0 aliphatic carbocycles. The quantitative estimate of drug-likeness (QED) is 0.733. The Hall–Kier alpha value is -0.0800. The van der Waals surface area contributed by atoms with Gasteiger partial charge < -0.3 is 5.32 Å². The summed E-state index contributed by atoms with van der Waals surface area (Å²) in [4.78, 5) is 2.81. The molecular weight excluding hydrogens is 208 g/mol. The molecule has 0 amide bonds. The van der Waals surface area contributed by atoms with Crippen LogP contribution in [-0.2, 0) is 0 Å². The normalized spacial score (nSPS) is 28.2. The van der Waals surface area contributed by atoms with Crippen LogP contribution in [0.4, 0.5) is 0 Å². The first-order valence-corrected chi connectivity index (χ1v) is 7.75. The molecular formula is C15H32N2. The van der Waals surface area contributed by atoms with Crippen molar-refractivity contribution in [3.63, 3.8) is 0 Å². The van der Waals surface area contributed by atoms with Gasteiger partial charge >= 0.3 is 0 Å². The van der Waals surface area contributed by atoms with Crippen LogP contribution >= 0.6 is 0 Å². The van der Waals surface area contributed by atoms with Crippen molar-refractivity contribution < 1.29 is 0 Å². The molecule has 2 heteroatoms. The zero-order valence-electron chi connectivity index (χ0n) is 12.3. The summed E-state index contributed by atoms with van der Waals surface area (Å²) in [5.74, 6) is 0. The van der Waals surface area contributed by atoms with Crippen molar-refractivity contribution >= 4 is 0 Å². The maximum atomic E-state index is 3.69. The highest BCUT2D eigenvalue weighted by molar-refractivity contribution is 4.88. The third-order valence-electron chi connectivity index (χ3n) is 4.34. The maximum absolute atomic E-state index is 3.69. The molecule has 1 saturated heterocycles. The molecule has 0 aromatic carbocycles. The number of hydrogen-bond acceptors (Lipinski definition) is 2. The Bertz CT molecular complexity index is 193. The molecule has 1 heterocycles. The minimum absolute atomic E-state index is 0.716. The summed E-state index contributed by atoms with van der Waals surface area (Å²) < 4.78 is 0. The van der Waals surface area contributed by atoms with Gasteiger partial charge in [-0.05, 0) is 25.7 Å². The molecule has 1 aliphatic rings.